The molecule has 1 N–H and O–H groups in total. The van der Waals surface area contributed by atoms with Gasteiger partial charge in [0.15, 0.2) is 5.15 Å². The molecule has 0 atom stereocenters. The molecule has 1 aromatic heterocycles. The second-order valence-electron chi connectivity index (χ2n) is 3.62. The molecule has 0 aromatic carbocycles. The van der Waals surface area contributed by atoms with E-state index in [1.165, 1.54) is 0 Å². The third-order valence-corrected chi connectivity index (χ3v) is 2.34. The van der Waals surface area contributed by atoms with Crippen LogP contribution in [-0.2, 0) is 0 Å². The van der Waals surface area contributed by atoms with Crippen molar-refractivity contribution in [2.75, 3.05) is 4.98 Å². The lowest BCUT2D eigenvalue weighted by molar-refractivity contribution is 1.04. The van der Waals surface area contributed by atoms with Gasteiger partial charge < -0.3 is 4.98 Å². The number of nitrogens with zero attached hydrogens (tertiary/aromatic N) is 2. The zero-order valence-electron chi connectivity index (χ0n) is 7.43. The van der Waals surface area contributed by atoms with Crippen molar-refractivity contribution in [1.82, 2.24) is 10.2 Å². The molecule has 0 bridgehead atoms. The Morgan fingerprint density at radius 1 is 1.25 bits per heavy atom. The number of hydrogen-bond donors (Lipinski definition) is 1. The molecule has 0 aliphatic heterocycles. The molecule has 1 aromatic rings. The van der Waals surface area contributed by atoms with Gasteiger partial charge in [0.2, 0.25) is 0 Å². The van der Waals surface area contributed by atoms with Crippen LogP contribution in [0.15, 0.2) is 12.1 Å². The fraction of sp³-hybridized carbons (Fsp3) is 0.429. The molecule has 0 aliphatic carbocycles. The zero-order chi connectivity index (χ0) is 9.19. The van der Waals surface area contributed by atoms with E-state index in [1.54, 1.807) is 6.07 Å². The van der Waals surface area contributed by atoms with Gasteiger partial charge in [-0.25, -0.2) is 0 Å². The van der Waals surface area contributed by atoms with Crippen LogP contribution in [0.5, 0.6) is 0 Å². The molecular formula is C7H12ClN3Si. The largest absolute Gasteiger partial charge is 0.394 e. The Hall–Kier alpha value is -0.613. The van der Waals surface area contributed by atoms with Gasteiger partial charge in [0, 0.05) is 0 Å². The van der Waals surface area contributed by atoms with E-state index in [0.717, 1.165) is 5.82 Å². The van der Waals surface area contributed by atoms with Crippen molar-refractivity contribution < 1.29 is 0 Å². The Labute approximate surface area is 78.2 Å². The molecule has 0 fully saturated rings. The molecule has 0 radical (unpaired) electrons. The predicted molar refractivity (Wildman–Crippen MR) is 54.0 cm³/mol. The smallest absolute Gasteiger partial charge is 0.151 e. The van der Waals surface area contributed by atoms with Crippen LogP contribution in [0.1, 0.15) is 0 Å². The quantitative estimate of drug-likeness (QED) is 0.747. The first kappa shape index (κ1) is 9.47. The minimum atomic E-state index is -1.31. The summed E-state index contributed by atoms with van der Waals surface area (Å²) >= 11 is 5.59. The third-order valence-electron chi connectivity index (χ3n) is 1.14. The predicted octanol–water partition coefficient (Wildman–Crippen LogP) is 2.38. The summed E-state index contributed by atoms with van der Waals surface area (Å²) in [4.78, 5) is 3.31. The maximum Gasteiger partial charge on any atom is 0.151 e. The molecule has 1 heterocycles. The fourth-order valence-corrected chi connectivity index (χ4v) is 1.77. The monoisotopic (exact) mass is 201 g/mol. The Morgan fingerprint density at radius 3 is 2.33 bits per heavy atom. The highest BCUT2D eigenvalue weighted by Crippen LogP contribution is 2.10. The van der Waals surface area contributed by atoms with E-state index in [0.29, 0.717) is 5.15 Å². The normalized spacial score (nSPS) is 11.3. The van der Waals surface area contributed by atoms with Gasteiger partial charge in [0.25, 0.3) is 0 Å². The number of nitrogens with one attached hydrogen (secondary N) is 1. The van der Waals surface area contributed by atoms with Crippen LogP contribution in [0, 0.1) is 0 Å². The zero-order valence-corrected chi connectivity index (χ0v) is 9.18. The molecule has 0 unspecified atom stereocenters. The van der Waals surface area contributed by atoms with Crippen LogP contribution in [0.2, 0.25) is 24.8 Å². The average Bonchev–Trinajstić information content (AvgIpc) is 1.91. The Bertz CT molecular complexity index is 254. The van der Waals surface area contributed by atoms with Crippen molar-refractivity contribution in [1.29, 1.82) is 0 Å². The third kappa shape index (κ3) is 3.19. The molecule has 5 heteroatoms. The molecular weight excluding hydrogens is 190 g/mol. The van der Waals surface area contributed by atoms with Crippen molar-refractivity contribution in [2.45, 2.75) is 19.6 Å². The molecule has 0 spiro atoms. The van der Waals surface area contributed by atoms with Gasteiger partial charge in [-0.1, -0.05) is 31.2 Å². The maximum atomic E-state index is 5.59. The van der Waals surface area contributed by atoms with Crippen molar-refractivity contribution in [3.05, 3.63) is 17.3 Å². The van der Waals surface area contributed by atoms with Crippen LogP contribution < -0.4 is 4.98 Å². The lowest BCUT2D eigenvalue weighted by atomic mass is 10.5. The van der Waals surface area contributed by atoms with Gasteiger partial charge in [-0.15, -0.1) is 10.2 Å². The average molecular weight is 202 g/mol. The second-order valence-corrected chi connectivity index (χ2v) is 8.75. The lowest BCUT2D eigenvalue weighted by Gasteiger charge is -2.17. The van der Waals surface area contributed by atoms with E-state index >= 15 is 0 Å². The molecule has 0 saturated heterocycles. The Balaban J connectivity index is 2.71. The van der Waals surface area contributed by atoms with E-state index in [1.807, 2.05) is 6.07 Å². The van der Waals surface area contributed by atoms with E-state index in [4.69, 9.17) is 11.6 Å². The van der Waals surface area contributed by atoms with Gasteiger partial charge >= 0.3 is 0 Å². The number of rotatable bonds is 2. The number of aromatic nitrogens is 2. The standard InChI is InChI=1S/C7H12ClN3Si/c1-12(2,3)11-7-5-4-6(8)9-10-7/h4-5H,1-3H3,(H,10,11). The van der Waals surface area contributed by atoms with Crippen molar-refractivity contribution in [2.24, 2.45) is 0 Å². The van der Waals surface area contributed by atoms with Crippen LogP contribution in [0.25, 0.3) is 0 Å². The number of hydrogen-bond acceptors (Lipinski definition) is 3. The highest BCUT2D eigenvalue weighted by atomic mass is 35.5. The maximum absolute atomic E-state index is 5.59. The van der Waals surface area contributed by atoms with Crippen LogP contribution in [0.3, 0.4) is 0 Å². The minimum Gasteiger partial charge on any atom is -0.394 e. The molecule has 66 valence electrons. The van der Waals surface area contributed by atoms with E-state index < -0.39 is 8.24 Å². The Morgan fingerprint density at radius 2 is 1.92 bits per heavy atom. The summed E-state index contributed by atoms with van der Waals surface area (Å²) in [6.45, 7) is 6.59. The second kappa shape index (κ2) is 3.41. The molecule has 3 nitrogen and oxygen atoms in total. The SMILES string of the molecule is C[Si](C)(C)Nc1ccc(Cl)nn1. The van der Waals surface area contributed by atoms with Gasteiger partial charge in [-0.05, 0) is 12.1 Å². The minimum absolute atomic E-state index is 0.427. The summed E-state index contributed by atoms with van der Waals surface area (Å²) in [5, 5.41) is 8.07. The molecule has 12 heavy (non-hydrogen) atoms. The van der Waals surface area contributed by atoms with Gasteiger partial charge in [0.05, 0.1) is 0 Å². The van der Waals surface area contributed by atoms with E-state index in [-0.39, 0.29) is 0 Å². The molecule has 1 rings (SSSR count). The van der Waals surface area contributed by atoms with Gasteiger partial charge in [-0.2, -0.15) is 0 Å². The first-order valence-corrected chi connectivity index (χ1v) is 7.62. The van der Waals surface area contributed by atoms with Crippen molar-refractivity contribution in [3.8, 4) is 0 Å². The van der Waals surface area contributed by atoms with E-state index in [2.05, 4.69) is 34.8 Å². The van der Waals surface area contributed by atoms with Crippen molar-refractivity contribution >= 4 is 25.7 Å². The summed E-state index contributed by atoms with van der Waals surface area (Å²) in [5.41, 5.74) is 0. The van der Waals surface area contributed by atoms with Gasteiger partial charge in [0.1, 0.15) is 14.1 Å². The Kier molecular flexibility index (Phi) is 2.69. The van der Waals surface area contributed by atoms with Crippen LogP contribution in [0.4, 0.5) is 5.82 Å². The van der Waals surface area contributed by atoms with Crippen LogP contribution in [-0.4, -0.2) is 18.4 Å². The molecule has 0 saturated carbocycles. The number of anilines is 1. The molecule has 0 amide bonds. The summed E-state index contributed by atoms with van der Waals surface area (Å²) < 4.78 is 0. The summed E-state index contributed by atoms with van der Waals surface area (Å²) in [7, 11) is -1.31. The molecule has 0 aliphatic rings. The first-order chi connectivity index (χ1) is 5.47. The highest BCUT2D eigenvalue weighted by Gasteiger charge is 2.13. The van der Waals surface area contributed by atoms with Crippen molar-refractivity contribution in [3.63, 3.8) is 0 Å². The summed E-state index contributed by atoms with van der Waals surface area (Å²) in [5.74, 6) is 0.804. The van der Waals surface area contributed by atoms with Crippen LogP contribution >= 0.6 is 11.6 Å². The fourth-order valence-electron chi connectivity index (χ4n) is 0.767. The summed E-state index contributed by atoms with van der Waals surface area (Å²) in [6, 6.07) is 3.57. The lowest BCUT2D eigenvalue weighted by Crippen LogP contribution is -2.32. The van der Waals surface area contributed by atoms with Gasteiger partial charge in [-0.3, -0.25) is 0 Å². The summed E-state index contributed by atoms with van der Waals surface area (Å²) in [6.07, 6.45) is 0. The first-order valence-electron chi connectivity index (χ1n) is 3.75. The van der Waals surface area contributed by atoms with E-state index in [9.17, 15) is 0 Å². The highest BCUT2D eigenvalue weighted by molar-refractivity contribution is 6.79. The topological polar surface area (TPSA) is 37.8 Å². The number of halogens is 1.